The van der Waals surface area contributed by atoms with Crippen molar-refractivity contribution in [3.63, 3.8) is 0 Å². The summed E-state index contributed by atoms with van der Waals surface area (Å²) in [6.07, 6.45) is 0.923. The number of carbonyl (C=O) groups is 2. The van der Waals surface area contributed by atoms with Crippen LogP contribution in [0.25, 0.3) is 0 Å². The number of nitrogens with zero attached hydrogens (tertiary/aromatic N) is 2. The Morgan fingerprint density at radius 1 is 1.33 bits per heavy atom. The van der Waals surface area contributed by atoms with E-state index in [2.05, 4.69) is 5.32 Å². The number of aryl methyl sites for hydroxylation is 1. The van der Waals surface area contributed by atoms with Crippen molar-refractivity contribution in [1.82, 2.24) is 9.80 Å². The van der Waals surface area contributed by atoms with Crippen LogP contribution in [0.2, 0.25) is 0 Å². The van der Waals surface area contributed by atoms with Crippen LogP contribution in [0, 0.1) is 0 Å². The van der Waals surface area contributed by atoms with E-state index in [0.717, 1.165) is 17.7 Å². The van der Waals surface area contributed by atoms with E-state index in [1.807, 2.05) is 36.9 Å². The van der Waals surface area contributed by atoms with Crippen LogP contribution in [0.15, 0.2) is 18.2 Å². The Morgan fingerprint density at radius 2 is 2.11 bits per heavy atom. The number of likely N-dealkylation sites (tertiary alicyclic amines) is 1. The highest BCUT2D eigenvalue weighted by atomic mass is 16.5. The molecule has 0 unspecified atom stereocenters. The Hall–Kier alpha value is -2.12. The van der Waals surface area contributed by atoms with Crippen molar-refractivity contribution in [3.05, 3.63) is 23.8 Å². The second-order valence-corrected chi connectivity index (χ2v) is 7.18. The Morgan fingerprint density at radius 3 is 2.81 bits per heavy atom. The Kier molecular flexibility index (Phi) is 6.34. The molecule has 1 fully saturated rings. The summed E-state index contributed by atoms with van der Waals surface area (Å²) in [6, 6.07) is 5.68. The zero-order chi connectivity index (χ0) is 19.4. The Labute approximate surface area is 160 Å². The number of nitrogens with one attached hydrogen (secondary N) is 1. The highest BCUT2D eigenvalue weighted by Crippen LogP contribution is 2.29. The molecule has 1 aromatic carbocycles. The predicted octanol–water partition coefficient (Wildman–Crippen LogP) is 1.25. The molecule has 0 aromatic heterocycles. The summed E-state index contributed by atoms with van der Waals surface area (Å²) >= 11 is 0. The third-order valence-corrected chi connectivity index (χ3v) is 5.34. The standard InChI is InChI=1S/C20H29N3O4/c1-3-23(4-2)20(26)13-22-10-9-18(17(24)12-22)27-15-7-5-14-6-8-19(25)21-16(14)11-15/h5,7,11,17-18,24H,3-4,6,8-10,12-13H2,1-2H3,(H,21,25)/t17-,18-/m1/s1. The van der Waals surface area contributed by atoms with Gasteiger partial charge in [0.05, 0.1) is 6.54 Å². The van der Waals surface area contributed by atoms with E-state index in [4.69, 9.17) is 4.74 Å². The summed E-state index contributed by atoms with van der Waals surface area (Å²) in [7, 11) is 0. The molecule has 1 saturated heterocycles. The van der Waals surface area contributed by atoms with Gasteiger partial charge in [0, 0.05) is 44.4 Å². The SMILES string of the molecule is CCN(CC)C(=O)CN1CC[C@@H](Oc2ccc3c(c2)NC(=O)CC3)[C@H](O)C1. The number of carbonyl (C=O) groups excluding carboxylic acids is 2. The molecule has 0 aliphatic carbocycles. The molecule has 0 bridgehead atoms. The molecule has 2 aliphatic heterocycles. The number of anilines is 1. The van der Waals surface area contributed by atoms with Crippen LogP contribution >= 0.6 is 0 Å². The van der Waals surface area contributed by atoms with Gasteiger partial charge in [0.15, 0.2) is 0 Å². The smallest absolute Gasteiger partial charge is 0.236 e. The fourth-order valence-electron chi connectivity index (χ4n) is 3.72. The maximum Gasteiger partial charge on any atom is 0.236 e. The predicted molar refractivity (Wildman–Crippen MR) is 103 cm³/mol. The summed E-state index contributed by atoms with van der Waals surface area (Å²) in [5, 5.41) is 13.4. The normalized spacial score (nSPS) is 22.7. The molecule has 2 amide bonds. The van der Waals surface area contributed by atoms with Crippen LogP contribution in [-0.4, -0.2) is 71.7 Å². The van der Waals surface area contributed by atoms with Gasteiger partial charge in [-0.3, -0.25) is 14.5 Å². The molecule has 2 atom stereocenters. The number of aliphatic hydroxyl groups is 1. The molecule has 7 heteroatoms. The summed E-state index contributed by atoms with van der Waals surface area (Å²) in [5.41, 5.74) is 1.90. The van der Waals surface area contributed by atoms with Gasteiger partial charge >= 0.3 is 0 Å². The summed E-state index contributed by atoms with van der Waals surface area (Å²) in [6.45, 7) is 6.79. The number of fused-ring (bicyclic) bond motifs is 1. The lowest BCUT2D eigenvalue weighted by molar-refractivity contribution is -0.133. The second-order valence-electron chi connectivity index (χ2n) is 7.18. The lowest BCUT2D eigenvalue weighted by Gasteiger charge is -2.36. The van der Waals surface area contributed by atoms with Gasteiger partial charge in [0.25, 0.3) is 0 Å². The van der Waals surface area contributed by atoms with Crippen LogP contribution < -0.4 is 10.1 Å². The number of piperidine rings is 1. The minimum absolute atomic E-state index is 0.0193. The van der Waals surface area contributed by atoms with E-state index < -0.39 is 6.10 Å². The minimum atomic E-state index is -0.658. The molecule has 1 aromatic rings. The van der Waals surface area contributed by atoms with Gasteiger partial charge in [-0.15, -0.1) is 0 Å². The third kappa shape index (κ3) is 4.78. The minimum Gasteiger partial charge on any atom is -0.488 e. The highest BCUT2D eigenvalue weighted by Gasteiger charge is 2.31. The van der Waals surface area contributed by atoms with Crippen molar-refractivity contribution < 1.29 is 19.4 Å². The zero-order valence-corrected chi connectivity index (χ0v) is 16.1. The van der Waals surface area contributed by atoms with Gasteiger partial charge < -0.3 is 20.1 Å². The first-order valence-electron chi connectivity index (χ1n) is 9.77. The van der Waals surface area contributed by atoms with Gasteiger partial charge in [-0.1, -0.05) is 6.07 Å². The monoisotopic (exact) mass is 375 g/mol. The number of hydrogen-bond donors (Lipinski definition) is 2. The van der Waals surface area contributed by atoms with Crippen LogP contribution in [0.3, 0.4) is 0 Å². The molecule has 148 valence electrons. The van der Waals surface area contributed by atoms with Crippen molar-refractivity contribution >= 4 is 17.5 Å². The van der Waals surface area contributed by atoms with Crippen molar-refractivity contribution in [3.8, 4) is 5.75 Å². The quantitative estimate of drug-likeness (QED) is 0.782. The number of benzene rings is 1. The Balaban J connectivity index is 1.55. The molecule has 2 aliphatic rings. The van der Waals surface area contributed by atoms with Gasteiger partial charge in [-0.05, 0) is 38.3 Å². The third-order valence-electron chi connectivity index (χ3n) is 5.34. The number of β-amino-alcohol motifs (C(OH)–C–C–N with tert-alkyl or cyclic N) is 1. The van der Waals surface area contributed by atoms with Crippen LogP contribution in [-0.2, 0) is 16.0 Å². The highest BCUT2D eigenvalue weighted by molar-refractivity contribution is 5.94. The fourth-order valence-corrected chi connectivity index (χ4v) is 3.72. The number of hydrogen-bond acceptors (Lipinski definition) is 5. The lowest BCUT2D eigenvalue weighted by atomic mass is 10.0. The average Bonchev–Trinajstić information content (AvgIpc) is 2.64. The first kappa shape index (κ1) is 19.6. The van der Waals surface area contributed by atoms with Gasteiger partial charge in [0.2, 0.25) is 11.8 Å². The van der Waals surface area contributed by atoms with E-state index in [0.29, 0.717) is 51.3 Å². The zero-order valence-electron chi connectivity index (χ0n) is 16.1. The number of amides is 2. The summed E-state index contributed by atoms with van der Waals surface area (Å²) < 4.78 is 5.99. The van der Waals surface area contributed by atoms with Crippen LogP contribution in [0.4, 0.5) is 5.69 Å². The van der Waals surface area contributed by atoms with Gasteiger partial charge in [-0.2, -0.15) is 0 Å². The van der Waals surface area contributed by atoms with E-state index >= 15 is 0 Å². The fraction of sp³-hybridized carbons (Fsp3) is 0.600. The molecular formula is C20H29N3O4. The van der Waals surface area contributed by atoms with Crippen molar-refractivity contribution in [2.24, 2.45) is 0 Å². The average molecular weight is 375 g/mol. The van der Waals surface area contributed by atoms with Gasteiger partial charge in [0.1, 0.15) is 18.0 Å². The largest absolute Gasteiger partial charge is 0.488 e. The van der Waals surface area contributed by atoms with Crippen molar-refractivity contribution in [2.75, 3.05) is 38.0 Å². The summed E-state index contributed by atoms with van der Waals surface area (Å²) in [4.78, 5) is 27.6. The number of rotatable bonds is 6. The van der Waals surface area contributed by atoms with Crippen molar-refractivity contribution in [2.45, 2.75) is 45.3 Å². The molecular weight excluding hydrogens is 346 g/mol. The maximum absolute atomic E-state index is 12.3. The number of likely N-dealkylation sites (N-methyl/N-ethyl adjacent to an activating group) is 1. The molecule has 2 N–H and O–H groups in total. The molecule has 3 rings (SSSR count). The maximum atomic E-state index is 12.3. The van der Waals surface area contributed by atoms with E-state index in [1.165, 1.54) is 0 Å². The van der Waals surface area contributed by atoms with Crippen LogP contribution in [0.1, 0.15) is 32.3 Å². The second kappa shape index (κ2) is 8.71. The van der Waals surface area contributed by atoms with E-state index in [-0.39, 0.29) is 17.9 Å². The topological polar surface area (TPSA) is 82.1 Å². The lowest BCUT2D eigenvalue weighted by Crippen LogP contribution is -2.51. The molecule has 0 saturated carbocycles. The van der Waals surface area contributed by atoms with E-state index in [9.17, 15) is 14.7 Å². The van der Waals surface area contributed by atoms with Crippen LogP contribution in [0.5, 0.6) is 5.75 Å². The molecule has 0 radical (unpaired) electrons. The molecule has 0 spiro atoms. The molecule has 7 nitrogen and oxygen atoms in total. The molecule has 27 heavy (non-hydrogen) atoms. The van der Waals surface area contributed by atoms with Gasteiger partial charge in [-0.25, -0.2) is 0 Å². The van der Waals surface area contributed by atoms with E-state index in [1.54, 1.807) is 4.90 Å². The molecule has 2 heterocycles. The van der Waals surface area contributed by atoms with Crippen molar-refractivity contribution in [1.29, 1.82) is 0 Å². The first-order valence-corrected chi connectivity index (χ1v) is 9.77. The number of ether oxygens (including phenoxy) is 1. The summed E-state index contributed by atoms with van der Waals surface area (Å²) in [5.74, 6) is 0.760. The first-order chi connectivity index (χ1) is 13.0. The number of aliphatic hydroxyl groups excluding tert-OH is 1. The Bertz CT molecular complexity index is 690.